The molecule has 1 aliphatic rings. The van der Waals surface area contributed by atoms with E-state index in [-0.39, 0.29) is 23.6 Å². The van der Waals surface area contributed by atoms with Crippen molar-refractivity contribution in [2.75, 3.05) is 18.1 Å². The van der Waals surface area contributed by atoms with E-state index >= 15 is 0 Å². The van der Waals surface area contributed by atoms with E-state index in [9.17, 15) is 23.5 Å². The van der Waals surface area contributed by atoms with E-state index in [1.807, 2.05) is 6.92 Å². The van der Waals surface area contributed by atoms with Gasteiger partial charge in [0, 0.05) is 5.92 Å². The first kappa shape index (κ1) is 25.1. The van der Waals surface area contributed by atoms with E-state index in [4.69, 9.17) is 26.0 Å². The number of nitrogens with zero attached hydrogens (tertiary/aromatic N) is 4. The lowest BCUT2D eigenvalue weighted by molar-refractivity contribution is -0.0331. The van der Waals surface area contributed by atoms with Gasteiger partial charge in [-0.1, -0.05) is 13.8 Å². The van der Waals surface area contributed by atoms with Crippen LogP contribution in [0.4, 0.5) is 11.8 Å². The first-order chi connectivity index (χ1) is 14.6. The Hall–Kier alpha value is -1.48. The third kappa shape index (κ3) is 5.71. The van der Waals surface area contributed by atoms with Gasteiger partial charge in [0.25, 0.3) is 0 Å². The summed E-state index contributed by atoms with van der Waals surface area (Å²) < 4.78 is 53.6. The molecule has 20 heteroatoms. The molecule has 6 atom stereocenters. The number of ether oxygens (including phenoxy) is 1. The summed E-state index contributed by atoms with van der Waals surface area (Å²) in [7, 11) is -16.4. The van der Waals surface area contributed by atoms with Crippen molar-refractivity contribution >= 4 is 46.4 Å². The summed E-state index contributed by atoms with van der Waals surface area (Å²) in [6.45, 7) is 3.03. The number of nitrogen functional groups attached to an aromatic ring is 2. The zero-order valence-corrected chi connectivity index (χ0v) is 19.2. The molecule has 1 fully saturated rings. The Kier molecular flexibility index (Phi) is 6.84. The highest BCUT2D eigenvalue weighted by Crippen LogP contribution is 2.66. The van der Waals surface area contributed by atoms with Crippen LogP contribution < -0.4 is 11.5 Å². The number of imidazole rings is 1. The minimum absolute atomic E-state index is 0.0698. The van der Waals surface area contributed by atoms with Gasteiger partial charge in [0.1, 0.15) is 11.7 Å². The molecule has 2 aromatic rings. The molecule has 1 aliphatic heterocycles. The van der Waals surface area contributed by atoms with Crippen LogP contribution in [0.3, 0.4) is 0 Å². The van der Waals surface area contributed by atoms with Crippen LogP contribution >= 0.6 is 23.5 Å². The first-order valence-electron chi connectivity index (χ1n) is 8.78. The predicted molar refractivity (Wildman–Crippen MR) is 106 cm³/mol. The van der Waals surface area contributed by atoms with Crippen LogP contribution in [0, 0.1) is 11.8 Å². The first-order valence-corrected chi connectivity index (χ1v) is 13.3. The Balaban J connectivity index is 1.72. The number of fused-ring (bicyclic) bond motifs is 1. The van der Waals surface area contributed by atoms with Crippen LogP contribution in [0.15, 0.2) is 6.33 Å². The third-order valence-electron chi connectivity index (χ3n) is 4.74. The second-order valence-electron chi connectivity index (χ2n) is 6.96. The van der Waals surface area contributed by atoms with Gasteiger partial charge in [0.15, 0.2) is 11.5 Å². The topological polar surface area (TPSA) is 265 Å². The van der Waals surface area contributed by atoms with Crippen LogP contribution in [0.2, 0.25) is 0 Å². The van der Waals surface area contributed by atoms with Crippen LogP contribution in [0.1, 0.15) is 20.1 Å². The molecule has 2 aromatic heterocycles. The maximum atomic E-state index is 12.0. The lowest BCUT2D eigenvalue weighted by Crippen LogP contribution is -2.21. The summed E-state index contributed by atoms with van der Waals surface area (Å²) in [6.07, 6.45) is -0.0274. The molecule has 2 unspecified atom stereocenters. The van der Waals surface area contributed by atoms with E-state index in [0.29, 0.717) is 11.2 Å². The molecule has 8 N–H and O–H groups in total. The Morgan fingerprint density at radius 3 is 2.34 bits per heavy atom. The van der Waals surface area contributed by atoms with Crippen molar-refractivity contribution in [2.24, 2.45) is 11.8 Å². The highest BCUT2D eigenvalue weighted by molar-refractivity contribution is 7.66. The summed E-state index contributed by atoms with van der Waals surface area (Å²) in [5, 5.41) is 0. The molecule has 0 radical (unpaired) electrons. The number of nitrogens with two attached hydrogens (primary N) is 2. The summed E-state index contributed by atoms with van der Waals surface area (Å²) in [5.74, 6) is -0.450. The normalized spacial score (nSPS) is 27.9. The molecule has 17 nitrogen and oxygen atoms in total. The minimum Gasteiger partial charge on any atom is -0.382 e. The molecule has 3 rings (SSSR count). The van der Waals surface area contributed by atoms with Crippen molar-refractivity contribution < 1.29 is 51.2 Å². The summed E-state index contributed by atoms with van der Waals surface area (Å²) in [4.78, 5) is 48.1. The fraction of sp³-hybridized carbons (Fsp3) is 0.583. The standard InChI is InChI=1S/C12H21N6O11P3/c1-5-6(2)11(18-4-15-8-9(13)16-12(14)17-10(8)18)27-7(5)3-26-31(22,23)29-32(24,25)28-30(19,20)21/h4-7,11H,3H2,1-2H3,(H,22,23)(H,24,25)(H2,19,20,21)(H4,13,14,16,17)/t5-,6-,7+,11+/m0/s1. The van der Waals surface area contributed by atoms with Gasteiger partial charge in [-0.05, 0) is 5.92 Å². The van der Waals surface area contributed by atoms with Gasteiger partial charge >= 0.3 is 23.5 Å². The van der Waals surface area contributed by atoms with E-state index < -0.39 is 42.4 Å². The van der Waals surface area contributed by atoms with Gasteiger partial charge in [0.2, 0.25) is 5.95 Å². The Morgan fingerprint density at radius 1 is 1.06 bits per heavy atom. The Bertz CT molecular complexity index is 1150. The van der Waals surface area contributed by atoms with Crippen molar-refractivity contribution in [3.8, 4) is 0 Å². The summed E-state index contributed by atoms with van der Waals surface area (Å²) in [6, 6.07) is 0. The molecule has 1 saturated heterocycles. The van der Waals surface area contributed by atoms with Crippen LogP contribution in [-0.4, -0.2) is 51.8 Å². The zero-order valence-electron chi connectivity index (χ0n) is 16.5. The largest absolute Gasteiger partial charge is 0.490 e. The fourth-order valence-electron chi connectivity index (χ4n) is 3.15. The van der Waals surface area contributed by atoms with E-state index in [0.717, 1.165) is 0 Å². The van der Waals surface area contributed by atoms with Gasteiger partial charge in [-0.25, -0.2) is 18.7 Å². The number of hydrogen-bond acceptors (Lipinski definition) is 12. The van der Waals surface area contributed by atoms with E-state index in [1.165, 1.54) is 6.33 Å². The number of anilines is 2. The molecule has 0 amide bonds. The lowest BCUT2D eigenvalue weighted by atomic mass is 9.93. The molecule has 0 spiro atoms. The minimum atomic E-state index is -5.61. The third-order valence-corrected chi connectivity index (χ3v) is 8.54. The highest BCUT2D eigenvalue weighted by atomic mass is 31.3. The molecule has 0 bridgehead atoms. The molecule has 0 aliphatic carbocycles. The van der Waals surface area contributed by atoms with Crippen LogP contribution in [0.5, 0.6) is 0 Å². The van der Waals surface area contributed by atoms with E-state index in [2.05, 4.69) is 28.1 Å². The number of phosphoric acid groups is 3. The fourth-order valence-corrected chi connectivity index (χ4v) is 6.18. The van der Waals surface area contributed by atoms with Gasteiger partial charge < -0.3 is 35.8 Å². The maximum absolute atomic E-state index is 12.0. The molecule has 0 saturated carbocycles. The monoisotopic (exact) mass is 518 g/mol. The van der Waals surface area contributed by atoms with Crippen molar-refractivity contribution in [2.45, 2.75) is 26.2 Å². The summed E-state index contributed by atoms with van der Waals surface area (Å²) in [5.41, 5.74) is 12.1. The molecule has 0 aromatic carbocycles. The second-order valence-corrected chi connectivity index (χ2v) is 11.4. The van der Waals surface area contributed by atoms with E-state index in [1.54, 1.807) is 11.5 Å². The average Bonchev–Trinajstić information content (AvgIpc) is 3.12. The molecule has 3 heterocycles. The molecule has 32 heavy (non-hydrogen) atoms. The Morgan fingerprint density at radius 2 is 1.72 bits per heavy atom. The van der Waals surface area contributed by atoms with Crippen molar-refractivity contribution in [3.05, 3.63) is 6.33 Å². The van der Waals surface area contributed by atoms with Gasteiger partial charge in [0.05, 0.1) is 19.0 Å². The van der Waals surface area contributed by atoms with Crippen molar-refractivity contribution in [1.82, 2.24) is 19.5 Å². The highest BCUT2D eigenvalue weighted by Gasteiger charge is 2.44. The zero-order chi connectivity index (χ0) is 24.1. The van der Waals surface area contributed by atoms with Crippen molar-refractivity contribution in [3.63, 3.8) is 0 Å². The van der Waals surface area contributed by atoms with Crippen LogP contribution in [0.25, 0.3) is 11.2 Å². The van der Waals surface area contributed by atoms with Gasteiger partial charge in [-0.15, -0.1) is 0 Å². The number of phosphoric ester groups is 1. The number of rotatable bonds is 8. The number of hydrogen-bond donors (Lipinski definition) is 6. The van der Waals surface area contributed by atoms with Crippen molar-refractivity contribution in [1.29, 1.82) is 0 Å². The average molecular weight is 518 g/mol. The molecule has 180 valence electrons. The predicted octanol–water partition coefficient (Wildman–Crippen LogP) is 0.504. The molecular formula is C12H21N6O11P3. The smallest absolute Gasteiger partial charge is 0.382 e. The maximum Gasteiger partial charge on any atom is 0.490 e. The summed E-state index contributed by atoms with van der Waals surface area (Å²) >= 11 is 0. The molecular weight excluding hydrogens is 497 g/mol. The van der Waals surface area contributed by atoms with Crippen LogP contribution in [-0.2, 0) is 31.6 Å². The SMILES string of the molecule is C[C@H]1[C@H](C)[C@@H](COP(=O)(O)OP(=O)(O)OP(=O)(O)O)O[C@H]1n1cnc2c(N)nc(N)nc21. The van der Waals surface area contributed by atoms with Gasteiger partial charge in [-0.3, -0.25) is 9.09 Å². The Labute approximate surface area is 180 Å². The number of aromatic nitrogens is 4. The quantitative estimate of drug-likeness (QED) is 0.260. The van der Waals surface area contributed by atoms with Gasteiger partial charge in [-0.2, -0.15) is 18.6 Å². The second kappa shape index (κ2) is 8.70. The lowest BCUT2D eigenvalue weighted by Gasteiger charge is -2.19.